The van der Waals surface area contributed by atoms with Crippen LogP contribution in [0.5, 0.6) is 0 Å². The second kappa shape index (κ2) is 14.5. The molecule has 5 rings (SSSR count). The number of methoxy groups -OCH3 is 1. The molecule has 0 aromatic carbocycles. The zero-order chi connectivity index (χ0) is 37.1. The molecule has 4 fully saturated rings. The lowest BCUT2D eigenvalue weighted by Gasteiger charge is -2.53. The number of amides is 1. The Hall–Kier alpha value is -1.84. The molecule has 1 amide bonds. The summed E-state index contributed by atoms with van der Waals surface area (Å²) in [6.07, 6.45) is -4.67. The van der Waals surface area contributed by atoms with Crippen molar-refractivity contribution in [1.29, 1.82) is 0 Å². The highest BCUT2D eigenvalue weighted by atomic mass is 16.7. The van der Waals surface area contributed by atoms with Crippen molar-refractivity contribution in [2.75, 3.05) is 14.2 Å². The van der Waals surface area contributed by atoms with Gasteiger partial charge in [-0.2, -0.15) is 0 Å². The van der Waals surface area contributed by atoms with Crippen LogP contribution in [-0.4, -0.2) is 124 Å². The van der Waals surface area contributed by atoms with Crippen LogP contribution in [0.2, 0.25) is 0 Å². The van der Waals surface area contributed by atoms with E-state index in [2.05, 4.69) is 0 Å². The molecule has 7 unspecified atom stereocenters. The molecule has 3 N–H and O–H groups in total. The number of rotatable bonds is 8. The van der Waals surface area contributed by atoms with Crippen LogP contribution in [0.4, 0.5) is 0 Å². The smallest absolute Gasteiger partial charge is 0.311 e. The molecule has 50 heavy (non-hydrogen) atoms. The first kappa shape index (κ1) is 39.4. The number of nitrogens with zero attached hydrogens (tertiary/aromatic N) is 1. The lowest BCUT2D eigenvalue weighted by Crippen LogP contribution is -2.67. The van der Waals surface area contributed by atoms with Gasteiger partial charge in [-0.1, -0.05) is 13.8 Å². The quantitative estimate of drug-likeness (QED) is 0.316. The highest BCUT2D eigenvalue weighted by molar-refractivity contribution is 5.73. The molecule has 2 bridgehead atoms. The monoisotopic (exact) mass is 711 g/mol. The molecule has 1 saturated carbocycles. The summed E-state index contributed by atoms with van der Waals surface area (Å²) in [5, 5.41) is 33.4. The van der Waals surface area contributed by atoms with E-state index in [1.807, 2.05) is 27.7 Å². The first-order chi connectivity index (χ1) is 23.3. The van der Waals surface area contributed by atoms with Crippen LogP contribution < -0.4 is 0 Å². The lowest BCUT2D eigenvalue weighted by atomic mass is 9.63. The molecule has 286 valence electrons. The fourth-order valence-electron chi connectivity index (χ4n) is 9.12. The Morgan fingerprint density at radius 2 is 1.76 bits per heavy atom. The largest absolute Gasteiger partial charge is 0.488 e. The molecule has 13 nitrogen and oxygen atoms in total. The molecule has 0 radical (unpaired) electrons. The van der Waals surface area contributed by atoms with E-state index >= 15 is 0 Å². The molecule has 13 heteroatoms. The summed E-state index contributed by atoms with van der Waals surface area (Å²) in [4.78, 5) is 28.2. The second-order valence-corrected chi connectivity index (χ2v) is 16.2. The topological polar surface area (TPSA) is 163 Å². The number of fused-ring (bicyclic) bond motifs is 4. The van der Waals surface area contributed by atoms with Gasteiger partial charge in [0.05, 0.1) is 41.9 Å². The van der Waals surface area contributed by atoms with E-state index in [1.165, 1.54) is 7.11 Å². The number of aliphatic hydroxyl groups excluding tert-OH is 2. The Morgan fingerprint density at radius 3 is 2.38 bits per heavy atom. The van der Waals surface area contributed by atoms with Crippen molar-refractivity contribution in [1.82, 2.24) is 4.90 Å². The standard InChI is InChI=1S/C37H61NO12/c1-12-26(40)37(43)16-25-29-18(2)15-36(9,50-29)32(48-27-14-24(13-19(3)45-27)38(10)23(7)39)20(4)30(21(5)34(42)49-33(25)37)47-28-17-35(8,44-11)31(41)22(6)46-28/h19-22,24-28,30-33,40-41,43H,12-17H2,1-11H3/t19?,20-,21+,22?,24?,25-,26+,27?,28?,30+,31?,32+,33+,35?,36+,37+/m0/s1. The SMILES string of the molecule is CC[C@@H](O)[C@]1(O)C[C@H]2C3=C(C)C[C@@](C)(O3)[C@H](OC3CC(N(C)C(C)=O)CC(C)O3)[C@@H](C)[C@@H](OC3CC(C)(OC)C(O)C(C)O3)[C@@H](C)C(=O)O[C@H]21. The van der Waals surface area contributed by atoms with Gasteiger partial charge < -0.3 is 53.4 Å². The Kier molecular flexibility index (Phi) is 11.4. The van der Waals surface area contributed by atoms with Gasteiger partial charge in [0.25, 0.3) is 0 Å². The van der Waals surface area contributed by atoms with Gasteiger partial charge in [-0.15, -0.1) is 0 Å². The maximum absolute atomic E-state index is 14.2. The maximum atomic E-state index is 14.2. The highest BCUT2D eigenvalue weighted by Crippen LogP contribution is 2.54. The first-order valence-electron chi connectivity index (χ1n) is 18.4. The third kappa shape index (κ3) is 7.10. The molecule has 0 aromatic heterocycles. The Balaban J connectivity index is 1.54. The third-order valence-electron chi connectivity index (χ3n) is 12.4. The number of esters is 1. The van der Waals surface area contributed by atoms with Crippen LogP contribution in [-0.2, 0) is 42.7 Å². The minimum atomic E-state index is -1.64. The van der Waals surface area contributed by atoms with Gasteiger partial charge in [0.2, 0.25) is 5.91 Å². The molecule has 5 aliphatic rings. The molecule has 0 aromatic rings. The molecule has 16 atom stereocenters. The van der Waals surface area contributed by atoms with Crippen molar-refractivity contribution in [2.24, 2.45) is 17.8 Å². The van der Waals surface area contributed by atoms with Crippen molar-refractivity contribution in [3.8, 4) is 0 Å². The average Bonchev–Trinajstić information content (AvgIpc) is 3.37. The van der Waals surface area contributed by atoms with Crippen LogP contribution in [0.15, 0.2) is 11.3 Å². The van der Waals surface area contributed by atoms with Gasteiger partial charge >= 0.3 is 5.97 Å². The zero-order valence-corrected chi connectivity index (χ0v) is 31.7. The van der Waals surface area contributed by atoms with Crippen LogP contribution in [0, 0.1) is 17.8 Å². The summed E-state index contributed by atoms with van der Waals surface area (Å²) in [5.41, 5.74) is -2.61. The van der Waals surface area contributed by atoms with Crippen molar-refractivity contribution >= 4 is 11.9 Å². The highest BCUT2D eigenvalue weighted by Gasteiger charge is 2.64. The minimum absolute atomic E-state index is 0.0411. The summed E-state index contributed by atoms with van der Waals surface area (Å²) in [6.45, 7) is 16.5. The summed E-state index contributed by atoms with van der Waals surface area (Å²) >= 11 is 0. The second-order valence-electron chi connectivity index (χ2n) is 16.2. The van der Waals surface area contributed by atoms with Crippen LogP contribution in [0.3, 0.4) is 0 Å². The molecule has 1 aliphatic carbocycles. The molecular weight excluding hydrogens is 650 g/mol. The number of carbonyl (C=O) groups is 2. The summed E-state index contributed by atoms with van der Waals surface area (Å²) < 4.78 is 45.0. The number of hydrogen-bond donors (Lipinski definition) is 3. The van der Waals surface area contributed by atoms with E-state index in [4.69, 9.17) is 33.2 Å². The molecule has 3 saturated heterocycles. The fourth-order valence-corrected chi connectivity index (χ4v) is 9.12. The predicted octanol–water partition coefficient (Wildman–Crippen LogP) is 3.20. The van der Waals surface area contributed by atoms with Gasteiger partial charge in [0, 0.05) is 52.3 Å². The number of hydrogen-bond acceptors (Lipinski definition) is 12. The Morgan fingerprint density at radius 1 is 1.08 bits per heavy atom. The summed E-state index contributed by atoms with van der Waals surface area (Å²) in [6, 6.07) is -0.0957. The van der Waals surface area contributed by atoms with Gasteiger partial charge in [-0.3, -0.25) is 9.59 Å². The van der Waals surface area contributed by atoms with Crippen molar-refractivity contribution in [2.45, 2.75) is 179 Å². The average molecular weight is 712 g/mol. The molecule has 4 heterocycles. The lowest BCUT2D eigenvalue weighted by molar-refractivity contribution is -0.307. The summed E-state index contributed by atoms with van der Waals surface area (Å²) in [7, 11) is 3.32. The Bertz CT molecular complexity index is 1290. The van der Waals surface area contributed by atoms with Gasteiger partial charge in [0.1, 0.15) is 35.3 Å². The molecular formula is C37H61NO12. The molecule has 0 spiro atoms. The van der Waals surface area contributed by atoms with Crippen LogP contribution in [0.25, 0.3) is 0 Å². The normalized spacial score (nSPS) is 47.3. The van der Waals surface area contributed by atoms with E-state index in [0.29, 0.717) is 25.0 Å². The number of carbonyl (C=O) groups excluding carboxylic acids is 2. The fraction of sp³-hybridized carbons (Fsp3) is 0.892. The van der Waals surface area contributed by atoms with Crippen molar-refractivity contribution in [3.63, 3.8) is 0 Å². The van der Waals surface area contributed by atoms with E-state index in [0.717, 1.165) is 5.57 Å². The van der Waals surface area contributed by atoms with Gasteiger partial charge in [-0.25, -0.2) is 0 Å². The minimum Gasteiger partial charge on any atom is -0.488 e. The van der Waals surface area contributed by atoms with Crippen molar-refractivity contribution in [3.05, 3.63) is 11.3 Å². The zero-order valence-electron chi connectivity index (χ0n) is 31.7. The van der Waals surface area contributed by atoms with Gasteiger partial charge in [0.15, 0.2) is 12.6 Å². The summed E-state index contributed by atoms with van der Waals surface area (Å²) in [5.74, 6) is -1.86. The van der Waals surface area contributed by atoms with E-state index < -0.39 is 89.7 Å². The van der Waals surface area contributed by atoms with Crippen LogP contribution in [0.1, 0.15) is 101 Å². The van der Waals surface area contributed by atoms with Crippen molar-refractivity contribution < 1.29 is 58.1 Å². The maximum Gasteiger partial charge on any atom is 0.311 e. The predicted molar refractivity (Wildman–Crippen MR) is 180 cm³/mol. The number of ether oxygens (including phenoxy) is 7. The van der Waals surface area contributed by atoms with Crippen LogP contribution >= 0.6 is 0 Å². The first-order valence-corrected chi connectivity index (χ1v) is 18.4. The third-order valence-corrected chi connectivity index (χ3v) is 12.4. The van der Waals surface area contributed by atoms with E-state index in [9.17, 15) is 24.9 Å². The Labute approximate surface area is 296 Å². The number of aliphatic hydroxyl groups is 3. The molecule has 4 aliphatic heterocycles. The van der Waals surface area contributed by atoms with E-state index in [1.54, 1.807) is 46.6 Å². The van der Waals surface area contributed by atoms with E-state index in [-0.39, 0.29) is 37.3 Å². The van der Waals surface area contributed by atoms with Gasteiger partial charge in [-0.05, 0) is 66.4 Å².